The molecule has 1 rings (SSSR count). The van der Waals surface area contributed by atoms with Crippen molar-refractivity contribution in [3.8, 4) is 0 Å². The van der Waals surface area contributed by atoms with E-state index in [1.54, 1.807) is 0 Å². The van der Waals surface area contributed by atoms with E-state index in [9.17, 15) is 0 Å². The molecule has 0 aromatic rings. The van der Waals surface area contributed by atoms with Gasteiger partial charge in [-0.1, -0.05) is 26.5 Å². The molecule has 0 spiro atoms. The second kappa shape index (κ2) is 3.90. The summed E-state index contributed by atoms with van der Waals surface area (Å²) in [5.74, 6) is 1.33. The van der Waals surface area contributed by atoms with Gasteiger partial charge in [-0.2, -0.15) is 0 Å². The molecule has 0 aromatic carbocycles. The fraction of sp³-hybridized carbons (Fsp3) is 0.636. The number of allylic oxidation sites excluding steroid dienone is 2. The summed E-state index contributed by atoms with van der Waals surface area (Å²) in [5, 5.41) is 8.79. The van der Waals surface area contributed by atoms with Crippen molar-refractivity contribution < 1.29 is 5.11 Å². The van der Waals surface area contributed by atoms with Gasteiger partial charge in [0, 0.05) is 0 Å². The summed E-state index contributed by atoms with van der Waals surface area (Å²) in [6.07, 6.45) is 4.22. The number of aliphatic hydroxyl groups excluding tert-OH is 1. The molecule has 0 amide bonds. The fourth-order valence-corrected chi connectivity index (χ4v) is 1.98. The highest BCUT2D eigenvalue weighted by molar-refractivity contribution is 5.32. The topological polar surface area (TPSA) is 20.2 Å². The van der Waals surface area contributed by atoms with Gasteiger partial charge in [0.05, 0.1) is 6.61 Å². The third-order valence-corrected chi connectivity index (χ3v) is 2.67. The Labute approximate surface area is 74.8 Å². The van der Waals surface area contributed by atoms with Gasteiger partial charge in [-0.15, -0.1) is 0 Å². The summed E-state index contributed by atoms with van der Waals surface area (Å²) in [5.41, 5.74) is 2.49. The lowest BCUT2D eigenvalue weighted by Crippen LogP contribution is -2.15. The predicted octanol–water partition coefficient (Wildman–Crippen LogP) is 2.53. The van der Waals surface area contributed by atoms with Crippen LogP contribution in [0.2, 0.25) is 0 Å². The standard InChI is InChI=1S/C11H18O/c1-8-6-9(2)10(3)11(7-8)4-5-12/h4,8-9,12H,3,5-7H2,1-2H3/b11-4-/t8-,9-/m0/s1. The lowest BCUT2D eigenvalue weighted by atomic mass is 9.77. The van der Waals surface area contributed by atoms with Crippen LogP contribution in [0.1, 0.15) is 26.7 Å². The Morgan fingerprint density at radius 1 is 1.58 bits per heavy atom. The van der Waals surface area contributed by atoms with E-state index in [2.05, 4.69) is 20.4 Å². The first kappa shape index (κ1) is 9.53. The van der Waals surface area contributed by atoms with E-state index in [1.165, 1.54) is 17.6 Å². The summed E-state index contributed by atoms with van der Waals surface area (Å²) in [6.45, 7) is 8.67. The van der Waals surface area contributed by atoms with Crippen LogP contribution in [0.5, 0.6) is 0 Å². The molecule has 1 N–H and O–H groups in total. The lowest BCUT2D eigenvalue weighted by Gasteiger charge is -2.28. The van der Waals surface area contributed by atoms with Crippen molar-refractivity contribution in [2.24, 2.45) is 11.8 Å². The van der Waals surface area contributed by atoms with E-state index in [4.69, 9.17) is 5.11 Å². The van der Waals surface area contributed by atoms with Gasteiger partial charge < -0.3 is 5.11 Å². The van der Waals surface area contributed by atoms with Crippen LogP contribution in [0.3, 0.4) is 0 Å². The Hall–Kier alpha value is -0.560. The Balaban J connectivity index is 2.73. The largest absolute Gasteiger partial charge is 0.392 e. The van der Waals surface area contributed by atoms with Crippen LogP contribution in [0.15, 0.2) is 23.8 Å². The van der Waals surface area contributed by atoms with Gasteiger partial charge in [-0.05, 0) is 35.8 Å². The van der Waals surface area contributed by atoms with Crippen molar-refractivity contribution in [1.82, 2.24) is 0 Å². The number of hydrogen-bond acceptors (Lipinski definition) is 1. The molecule has 0 unspecified atom stereocenters. The van der Waals surface area contributed by atoms with Gasteiger partial charge in [0.15, 0.2) is 0 Å². The average molecular weight is 166 g/mol. The predicted molar refractivity (Wildman–Crippen MR) is 51.9 cm³/mol. The molecule has 0 bridgehead atoms. The molecule has 0 heterocycles. The Bertz CT molecular complexity index is 203. The molecular formula is C11H18O. The SMILES string of the molecule is C=C1/C(=C\CO)C[C@@H](C)C[C@@H]1C. The quantitative estimate of drug-likeness (QED) is 0.634. The van der Waals surface area contributed by atoms with Crippen molar-refractivity contribution in [1.29, 1.82) is 0 Å². The smallest absolute Gasteiger partial charge is 0.0618 e. The minimum absolute atomic E-state index is 0.147. The molecule has 68 valence electrons. The lowest BCUT2D eigenvalue weighted by molar-refractivity contribution is 0.338. The molecule has 0 aliphatic heterocycles. The average Bonchev–Trinajstić information content (AvgIpc) is 2.00. The first-order valence-corrected chi connectivity index (χ1v) is 4.64. The summed E-state index contributed by atoms with van der Waals surface area (Å²) >= 11 is 0. The van der Waals surface area contributed by atoms with Gasteiger partial charge in [-0.25, -0.2) is 0 Å². The summed E-state index contributed by atoms with van der Waals surface area (Å²) < 4.78 is 0. The highest BCUT2D eigenvalue weighted by Gasteiger charge is 2.21. The minimum Gasteiger partial charge on any atom is -0.392 e. The highest BCUT2D eigenvalue weighted by Crippen LogP contribution is 2.35. The molecule has 1 aliphatic rings. The number of rotatable bonds is 1. The van der Waals surface area contributed by atoms with E-state index in [0.717, 1.165) is 12.3 Å². The van der Waals surface area contributed by atoms with Crippen LogP contribution >= 0.6 is 0 Å². The van der Waals surface area contributed by atoms with Crippen LogP contribution in [0.4, 0.5) is 0 Å². The Morgan fingerprint density at radius 2 is 2.25 bits per heavy atom. The summed E-state index contributed by atoms with van der Waals surface area (Å²) in [6, 6.07) is 0. The van der Waals surface area contributed by atoms with Crippen molar-refractivity contribution in [2.45, 2.75) is 26.7 Å². The van der Waals surface area contributed by atoms with Gasteiger partial charge >= 0.3 is 0 Å². The molecule has 0 saturated heterocycles. The second-order valence-corrected chi connectivity index (χ2v) is 3.88. The van der Waals surface area contributed by atoms with Gasteiger partial charge in [-0.3, -0.25) is 0 Å². The summed E-state index contributed by atoms with van der Waals surface area (Å²) in [7, 11) is 0. The Kier molecular flexibility index (Phi) is 3.10. The highest BCUT2D eigenvalue weighted by atomic mass is 16.2. The zero-order chi connectivity index (χ0) is 9.14. The van der Waals surface area contributed by atoms with Gasteiger partial charge in [0.1, 0.15) is 0 Å². The maximum Gasteiger partial charge on any atom is 0.0618 e. The zero-order valence-electron chi connectivity index (χ0n) is 8.01. The second-order valence-electron chi connectivity index (χ2n) is 3.88. The number of aliphatic hydroxyl groups is 1. The minimum atomic E-state index is 0.147. The van der Waals surface area contributed by atoms with E-state index in [0.29, 0.717) is 5.92 Å². The van der Waals surface area contributed by atoms with Crippen LogP contribution in [-0.4, -0.2) is 11.7 Å². The fourth-order valence-electron chi connectivity index (χ4n) is 1.98. The first-order chi connectivity index (χ1) is 5.65. The van der Waals surface area contributed by atoms with Gasteiger partial charge in [0.2, 0.25) is 0 Å². The number of hydrogen-bond donors (Lipinski definition) is 1. The zero-order valence-corrected chi connectivity index (χ0v) is 8.01. The van der Waals surface area contributed by atoms with Crippen molar-refractivity contribution >= 4 is 0 Å². The van der Waals surface area contributed by atoms with E-state index < -0.39 is 0 Å². The monoisotopic (exact) mass is 166 g/mol. The molecule has 1 fully saturated rings. The van der Waals surface area contributed by atoms with E-state index in [-0.39, 0.29) is 6.61 Å². The molecule has 1 aliphatic carbocycles. The molecule has 0 radical (unpaired) electrons. The molecule has 1 nitrogen and oxygen atoms in total. The van der Waals surface area contributed by atoms with Crippen LogP contribution in [-0.2, 0) is 0 Å². The normalized spacial score (nSPS) is 34.2. The van der Waals surface area contributed by atoms with Crippen LogP contribution < -0.4 is 0 Å². The maximum absolute atomic E-state index is 8.79. The molecule has 1 heteroatoms. The van der Waals surface area contributed by atoms with Crippen molar-refractivity contribution in [3.63, 3.8) is 0 Å². The molecule has 1 saturated carbocycles. The van der Waals surface area contributed by atoms with E-state index >= 15 is 0 Å². The van der Waals surface area contributed by atoms with Crippen molar-refractivity contribution in [2.75, 3.05) is 6.61 Å². The third-order valence-electron chi connectivity index (χ3n) is 2.67. The van der Waals surface area contributed by atoms with Crippen LogP contribution in [0.25, 0.3) is 0 Å². The molecular weight excluding hydrogens is 148 g/mol. The first-order valence-electron chi connectivity index (χ1n) is 4.64. The van der Waals surface area contributed by atoms with Gasteiger partial charge in [0.25, 0.3) is 0 Å². The molecule has 2 atom stereocenters. The molecule has 0 aromatic heterocycles. The molecule has 12 heavy (non-hydrogen) atoms. The van der Waals surface area contributed by atoms with Crippen molar-refractivity contribution in [3.05, 3.63) is 23.8 Å². The maximum atomic E-state index is 8.79. The third kappa shape index (κ3) is 1.98. The van der Waals surface area contributed by atoms with E-state index in [1.807, 2.05) is 6.08 Å². The Morgan fingerprint density at radius 3 is 2.83 bits per heavy atom. The van der Waals surface area contributed by atoms with Crippen LogP contribution in [0, 0.1) is 11.8 Å². The summed E-state index contributed by atoms with van der Waals surface area (Å²) in [4.78, 5) is 0.